The Morgan fingerprint density at radius 2 is 2.37 bits per heavy atom. The maximum atomic E-state index is 13.5. The number of benzene rings is 1. The van der Waals surface area contributed by atoms with Gasteiger partial charge in [-0.1, -0.05) is 23.1 Å². The van der Waals surface area contributed by atoms with Crippen molar-refractivity contribution in [3.63, 3.8) is 0 Å². The van der Waals surface area contributed by atoms with Gasteiger partial charge in [0.05, 0.1) is 10.9 Å². The van der Waals surface area contributed by atoms with Gasteiger partial charge in [-0.05, 0) is 25.1 Å². The molecule has 0 fully saturated rings. The third kappa shape index (κ3) is 3.65. The van der Waals surface area contributed by atoms with Crippen molar-refractivity contribution in [2.75, 3.05) is 11.1 Å². The molecule has 3 N–H and O–H groups in total. The van der Waals surface area contributed by atoms with Gasteiger partial charge in [-0.15, -0.1) is 10.2 Å². The van der Waals surface area contributed by atoms with E-state index in [1.807, 2.05) is 0 Å². The fraction of sp³-hybridized carbons (Fsp3) is 0.182. The predicted molar refractivity (Wildman–Crippen MR) is 74.7 cm³/mol. The van der Waals surface area contributed by atoms with Gasteiger partial charge in [-0.3, -0.25) is 4.79 Å². The van der Waals surface area contributed by atoms with E-state index in [2.05, 4.69) is 15.5 Å². The van der Waals surface area contributed by atoms with E-state index in [-0.39, 0.29) is 11.6 Å². The summed E-state index contributed by atoms with van der Waals surface area (Å²) in [6.45, 7) is 1.71. The quantitative estimate of drug-likeness (QED) is 0.669. The van der Waals surface area contributed by atoms with Crippen LogP contribution in [0.5, 0.6) is 0 Å². The second-order valence-electron chi connectivity index (χ2n) is 3.69. The zero-order chi connectivity index (χ0) is 13.8. The SMILES string of the molecule is CC(Sc1nncs1)C(=O)Nc1cc(N)ccc1F. The molecule has 19 heavy (non-hydrogen) atoms. The standard InChI is InChI=1S/C11H11FN4OS2/c1-6(19-11-16-14-5-18-11)10(17)15-9-4-7(13)2-3-8(9)12/h2-6H,13H2,1H3,(H,15,17). The Morgan fingerprint density at radius 3 is 3.05 bits per heavy atom. The Balaban J connectivity index is 2.02. The van der Waals surface area contributed by atoms with Crippen molar-refractivity contribution in [2.45, 2.75) is 16.5 Å². The third-order valence-corrected chi connectivity index (χ3v) is 4.15. The van der Waals surface area contributed by atoms with Gasteiger partial charge in [0.15, 0.2) is 4.34 Å². The topological polar surface area (TPSA) is 80.9 Å². The molecular weight excluding hydrogens is 287 g/mol. The third-order valence-electron chi connectivity index (χ3n) is 2.24. The highest BCUT2D eigenvalue weighted by Crippen LogP contribution is 2.25. The highest BCUT2D eigenvalue weighted by atomic mass is 32.2. The molecule has 0 radical (unpaired) electrons. The number of rotatable bonds is 4. The first-order valence-corrected chi connectivity index (χ1v) is 7.11. The average molecular weight is 298 g/mol. The van der Waals surface area contributed by atoms with Crippen molar-refractivity contribution in [3.05, 3.63) is 29.5 Å². The molecule has 0 aliphatic rings. The van der Waals surface area contributed by atoms with Crippen molar-refractivity contribution in [2.24, 2.45) is 0 Å². The van der Waals surface area contributed by atoms with Crippen molar-refractivity contribution in [3.8, 4) is 0 Å². The first-order valence-electron chi connectivity index (χ1n) is 5.35. The molecule has 100 valence electrons. The second-order valence-corrected chi connectivity index (χ2v) is 6.11. The van der Waals surface area contributed by atoms with Gasteiger partial charge in [0.1, 0.15) is 11.3 Å². The Kier molecular flexibility index (Phi) is 4.33. The predicted octanol–water partition coefficient (Wildman–Crippen LogP) is 2.38. The van der Waals surface area contributed by atoms with Crippen molar-refractivity contribution in [1.29, 1.82) is 0 Å². The van der Waals surface area contributed by atoms with Crippen LogP contribution in [0.3, 0.4) is 0 Å². The summed E-state index contributed by atoms with van der Waals surface area (Å²) >= 11 is 2.61. The summed E-state index contributed by atoms with van der Waals surface area (Å²) in [4.78, 5) is 11.9. The number of carbonyl (C=O) groups is 1. The van der Waals surface area contributed by atoms with Crippen LogP contribution in [0.2, 0.25) is 0 Å². The van der Waals surface area contributed by atoms with Gasteiger partial charge in [-0.2, -0.15) is 0 Å². The highest BCUT2D eigenvalue weighted by Gasteiger charge is 2.17. The first kappa shape index (κ1) is 13.8. The van der Waals surface area contributed by atoms with Crippen LogP contribution in [0.1, 0.15) is 6.92 Å². The lowest BCUT2D eigenvalue weighted by Gasteiger charge is -2.11. The lowest BCUT2D eigenvalue weighted by Crippen LogP contribution is -2.23. The molecule has 1 amide bonds. The number of nitrogen functional groups attached to an aromatic ring is 1. The summed E-state index contributed by atoms with van der Waals surface area (Å²) in [6, 6.07) is 4.04. The Labute approximate surface area is 117 Å². The Hall–Kier alpha value is -1.67. The lowest BCUT2D eigenvalue weighted by molar-refractivity contribution is -0.115. The van der Waals surface area contributed by atoms with Crippen LogP contribution in [0.25, 0.3) is 0 Å². The number of nitrogens with one attached hydrogen (secondary N) is 1. The molecule has 8 heteroatoms. The maximum Gasteiger partial charge on any atom is 0.237 e. The number of aromatic nitrogens is 2. The molecule has 0 spiro atoms. The summed E-state index contributed by atoms with van der Waals surface area (Å²) in [6.07, 6.45) is 0. The molecule has 1 aromatic heterocycles. The molecule has 0 bridgehead atoms. The molecule has 1 atom stereocenters. The zero-order valence-corrected chi connectivity index (χ0v) is 11.6. The molecule has 1 unspecified atom stereocenters. The summed E-state index contributed by atoms with van der Waals surface area (Å²) in [5, 5.41) is 9.61. The summed E-state index contributed by atoms with van der Waals surface area (Å²) in [7, 11) is 0. The minimum atomic E-state index is -0.518. The van der Waals surface area contributed by atoms with E-state index in [4.69, 9.17) is 5.73 Å². The van der Waals surface area contributed by atoms with Crippen molar-refractivity contribution < 1.29 is 9.18 Å². The monoisotopic (exact) mass is 298 g/mol. The van der Waals surface area contributed by atoms with Crippen molar-refractivity contribution in [1.82, 2.24) is 10.2 Å². The van der Waals surface area contributed by atoms with E-state index in [9.17, 15) is 9.18 Å². The van der Waals surface area contributed by atoms with E-state index in [1.54, 1.807) is 12.4 Å². The molecule has 2 rings (SSSR count). The number of carbonyl (C=O) groups excluding carboxylic acids is 1. The molecule has 1 aromatic carbocycles. The molecule has 2 aromatic rings. The van der Waals surface area contributed by atoms with Crippen LogP contribution in [0.15, 0.2) is 28.0 Å². The first-order chi connectivity index (χ1) is 9.06. The molecule has 0 aliphatic heterocycles. The Bertz CT molecular complexity index is 576. The minimum absolute atomic E-state index is 0.0784. The fourth-order valence-electron chi connectivity index (χ4n) is 1.29. The molecule has 5 nitrogen and oxygen atoms in total. The van der Waals surface area contributed by atoms with E-state index < -0.39 is 11.1 Å². The lowest BCUT2D eigenvalue weighted by atomic mass is 10.2. The van der Waals surface area contributed by atoms with Crippen LogP contribution in [-0.2, 0) is 4.79 Å². The normalized spacial score (nSPS) is 12.1. The largest absolute Gasteiger partial charge is 0.399 e. The summed E-state index contributed by atoms with van der Waals surface area (Å²) in [5.41, 5.74) is 7.61. The smallest absolute Gasteiger partial charge is 0.237 e. The van der Waals surface area contributed by atoms with Gasteiger partial charge >= 0.3 is 0 Å². The second kappa shape index (κ2) is 5.98. The van der Waals surface area contributed by atoms with E-state index in [0.717, 1.165) is 0 Å². The molecule has 1 heterocycles. The van der Waals surface area contributed by atoms with E-state index in [0.29, 0.717) is 10.0 Å². The number of nitrogens with zero attached hydrogens (tertiary/aromatic N) is 2. The molecule has 0 saturated carbocycles. The van der Waals surface area contributed by atoms with Crippen LogP contribution >= 0.6 is 23.1 Å². The average Bonchev–Trinajstić information content (AvgIpc) is 2.86. The van der Waals surface area contributed by atoms with Crippen molar-refractivity contribution >= 4 is 40.4 Å². The van der Waals surface area contributed by atoms with E-state index >= 15 is 0 Å². The van der Waals surface area contributed by atoms with Gasteiger partial charge in [0.2, 0.25) is 5.91 Å². The summed E-state index contributed by atoms with van der Waals surface area (Å²) < 4.78 is 14.2. The van der Waals surface area contributed by atoms with Gasteiger partial charge in [-0.25, -0.2) is 4.39 Å². The number of halogens is 1. The molecular formula is C11H11FN4OS2. The minimum Gasteiger partial charge on any atom is -0.399 e. The number of thioether (sulfide) groups is 1. The fourth-order valence-corrected chi connectivity index (χ4v) is 2.92. The van der Waals surface area contributed by atoms with Gasteiger partial charge in [0, 0.05) is 5.69 Å². The highest BCUT2D eigenvalue weighted by molar-refractivity contribution is 8.02. The van der Waals surface area contributed by atoms with Crippen LogP contribution in [0, 0.1) is 5.82 Å². The van der Waals surface area contributed by atoms with Gasteiger partial charge < -0.3 is 11.1 Å². The van der Waals surface area contributed by atoms with E-state index in [1.165, 1.54) is 41.3 Å². The van der Waals surface area contributed by atoms with Crippen LogP contribution < -0.4 is 11.1 Å². The number of amides is 1. The molecule has 0 aliphatic carbocycles. The number of nitrogens with two attached hydrogens (primary N) is 1. The zero-order valence-electron chi connectivity index (χ0n) is 9.96. The van der Waals surface area contributed by atoms with Crippen LogP contribution in [0.4, 0.5) is 15.8 Å². The van der Waals surface area contributed by atoms with Crippen LogP contribution in [-0.4, -0.2) is 21.4 Å². The van der Waals surface area contributed by atoms with Gasteiger partial charge in [0.25, 0.3) is 0 Å². The number of hydrogen-bond donors (Lipinski definition) is 2. The Morgan fingerprint density at radius 1 is 1.58 bits per heavy atom. The maximum absolute atomic E-state index is 13.5. The number of anilines is 2. The summed E-state index contributed by atoms with van der Waals surface area (Å²) in [5.74, 6) is -0.833. The number of hydrogen-bond acceptors (Lipinski definition) is 6. The molecule has 0 saturated heterocycles.